The Morgan fingerprint density at radius 2 is 2.41 bits per heavy atom. The molecule has 94 valence electrons. The van der Waals surface area contributed by atoms with Gasteiger partial charge in [0, 0.05) is 24.4 Å². The molecule has 1 aromatic heterocycles. The van der Waals surface area contributed by atoms with Gasteiger partial charge in [0.1, 0.15) is 5.84 Å². The number of rotatable bonds is 5. The number of hydrogen-bond donors (Lipinski definition) is 2. The van der Waals surface area contributed by atoms with Crippen LogP contribution in [0, 0.1) is 0 Å². The number of hydrogen-bond acceptors (Lipinski definition) is 4. The van der Waals surface area contributed by atoms with E-state index in [0.29, 0.717) is 12.3 Å². The summed E-state index contributed by atoms with van der Waals surface area (Å²) in [6.07, 6.45) is 3.97. The predicted octanol–water partition coefficient (Wildman–Crippen LogP) is 2.02. The van der Waals surface area contributed by atoms with Gasteiger partial charge in [0.05, 0.1) is 0 Å². The Bertz CT molecular complexity index is 389. The number of nitrogens with two attached hydrogens (primary N) is 1. The van der Waals surface area contributed by atoms with E-state index in [1.54, 1.807) is 4.88 Å². The first-order valence-electron chi connectivity index (χ1n) is 6.03. The summed E-state index contributed by atoms with van der Waals surface area (Å²) in [5, 5.41) is 13.6. The third kappa shape index (κ3) is 3.44. The van der Waals surface area contributed by atoms with Crippen LogP contribution in [0.4, 0.5) is 0 Å². The lowest BCUT2D eigenvalue weighted by atomic mass is 10.1. The van der Waals surface area contributed by atoms with E-state index in [2.05, 4.69) is 21.5 Å². The molecule has 0 fully saturated rings. The Labute approximate surface area is 106 Å². The van der Waals surface area contributed by atoms with Crippen molar-refractivity contribution in [1.29, 1.82) is 0 Å². The summed E-state index contributed by atoms with van der Waals surface area (Å²) >= 11 is 1.88. The number of unbranched alkanes of at least 4 members (excludes halogenated alkanes) is 1. The third-order valence-electron chi connectivity index (χ3n) is 3.17. The topological polar surface area (TPSA) is 61.8 Å². The van der Waals surface area contributed by atoms with E-state index in [1.807, 2.05) is 11.3 Å². The Morgan fingerprint density at radius 3 is 3.24 bits per heavy atom. The second-order valence-electron chi connectivity index (χ2n) is 4.44. The minimum Gasteiger partial charge on any atom is -0.409 e. The van der Waals surface area contributed by atoms with Crippen LogP contribution in [0.25, 0.3) is 0 Å². The van der Waals surface area contributed by atoms with Crippen LogP contribution in [0.1, 0.15) is 29.7 Å². The molecule has 0 atom stereocenters. The number of thiophene rings is 1. The van der Waals surface area contributed by atoms with Crippen molar-refractivity contribution in [3.63, 3.8) is 0 Å². The van der Waals surface area contributed by atoms with Crippen molar-refractivity contribution >= 4 is 17.2 Å². The summed E-state index contributed by atoms with van der Waals surface area (Å²) in [7, 11) is 0. The van der Waals surface area contributed by atoms with Crippen LogP contribution >= 0.6 is 11.3 Å². The van der Waals surface area contributed by atoms with Gasteiger partial charge in [0.15, 0.2) is 0 Å². The monoisotopic (exact) mass is 253 g/mol. The molecule has 0 spiro atoms. The summed E-state index contributed by atoms with van der Waals surface area (Å²) in [4.78, 5) is 4.04. The molecule has 1 aliphatic rings. The number of fused-ring (bicyclic) bond motifs is 1. The standard InChI is InChI=1S/C12H19N3OS/c13-12(14-16)3-1-2-6-15-7-4-11-10(9-15)5-8-17-11/h5,8,16H,1-4,6-7,9H2,(H2,13,14). The molecule has 1 aliphatic heterocycles. The zero-order chi connectivity index (χ0) is 12.1. The van der Waals surface area contributed by atoms with Crippen LogP contribution in [0.5, 0.6) is 0 Å². The molecule has 0 bridgehead atoms. The summed E-state index contributed by atoms with van der Waals surface area (Å²) in [5.41, 5.74) is 6.93. The van der Waals surface area contributed by atoms with Gasteiger partial charge in [0.2, 0.25) is 0 Å². The van der Waals surface area contributed by atoms with Crippen LogP contribution in [0.3, 0.4) is 0 Å². The minimum absolute atomic E-state index is 0.337. The molecule has 2 heterocycles. The Morgan fingerprint density at radius 1 is 1.53 bits per heavy atom. The van der Waals surface area contributed by atoms with Crippen molar-refractivity contribution < 1.29 is 5.21 Å². The van der Waals surface area contributed by atoms with Crippen LogP contribution in [-0.2, 0) is 13.0 Å². The molecule has 0 amide bonds. The Balaban J connectivity index is 1.68. The van der Waals surface area contributed by atoms with E-state index in [-0.39, 0.29) is 0 Å². The van der Waals surface area contributed by atoms with Crippen molar-refractivity contribution in [3.8, 4) is 0 Å². The first-order valence-corrected chi connectivity index (χ1v) is 6.91. The van der Waals surface area contributed by atoms with Crippen LogP contribution < -0.4 is 5.73 Å². The molecule has 17 heavy (non-hydrogen) atoms. The quantitative estimate of drug-likeness (QED) is 0.277. The second-order valence-corrected chi connectivity index (χ2v) is 5.44. The lowest BCUT2D eigenvalue weighted by Gasteiger charge is -2.26. The van der Waals surface area contributed by atoms with Crippen LogP contribution in [0.15, 0.2) is 16.6 Å². The molecule has 2 rings (SSSR count). The molecule has 4 nitrogen and oxygen atoms in total. The fourth-order valence-corrected chi connectivity index (χ4v) is 3.08. The van der Waals surface area contributed by atoms with E-state index in [4.69, 9.17) is 10.9 Å². The third-order valence-corrected chi connectivity index (χ3v) is 4.20. The van der Waals surface area contributed by atoms with Gasteiger partial charge in [0.25, 0.3) is 0 Å². The average molecular weight is 253 g/mol. The van der Waals surface area contributed by atoms with Gasteiger partial charge in [-0.3, -0.25) is 4.90 Å². The average Bonchev–Trinajstić information content (AvgIpc) is 2.81. The van der Waals surface area contributed by atoms with Crippen LogP contribution in [0.2, 0.25) is 0 Å². The fourth-order valence-electron chi connectivity index (χ4n) is 2.19. The van der Waals surface area contributed by atoms with Gasteiger partial charge in [-0.15, -0.1) is 11.3 Å². The van der Waals surface area contributed by atoms with Gasteiger partial charge < -0.3 is 10.9 Å². The Hall–Kier alpha value is -1.07. The number of amidine groups is 1. The number of oxime groups is 1. The van der Waals surface area contributed by atoms with E-state index in [9.17, 15) is 0 Å². The zero-order valence-corrected chi connectivity index (χ0v) is 10.7. The molecule has 3 N–H and O–H groups in total. The highest BCUT2D eigenvalue weighted by Gasteiger charge is 2.16. The molecule has 0 radical (unpaired) electrons. The molecular formula is C12H19N3OS. The van der Waals surface area contributed by atoms with Gasteiger partial charge in [-0.05, 0) is 42.8 Å². The molecule has 0 unspecified atom stereocenters. The molecule has 1 aromatic rings. The van der Waals surface area contributed by atoms with Gasteiger partial charge in [-0.1, -0.05) is 5.16 Å². The smallest absolute Gasteiger partial charge is 0.139 e. The van der Waals surface area contributed by atoms with E-state index < -0.39 is 0 Å². The largest absolute Gasteiger partial charge is 0.409 e. The van der Waals surface area contributed by atoms with Gasteiger partial charge in [-0.25, -0.2) is 0 Å². The Kier molecular flexibility index (Phi) is 4.39. The lowest BCUT2D eigenvalue weighted by Crippen LogP contribution is -2.30. The first kappa shape index (κ1) is 12.4. The highest BCUT2D eigenvalue weighted by atomic mass is 32.1. The van der Waals surface area contributed by atoms with Crippen molar-refractivity contribution in [2.24, 2.45) is 10.9 Å². The molecule has 0 aromatic carbocycles. The summed E-state index contributed by atoms with van der Waals surface area (Å²) in [5.74, 6) is 0.337. The van der Waals surface area contributed by atoms with Crippen LogP contribution in [-0.4, -0.2) is 29.0 Å². The van der Waals surface area contributed by atoms with Gasteiger partial charge >= 0.3 is 0 Å². The van der Waals surface area contributed by atoms with Gasteiger partial charge in [-0.2, -0.15) is 0 Å². The molecule has 0 saturated carbocycles. The maximum absolute atomic E-state index is 8.42. The summed E-state index contributed by atoms with van der Waals surface area (Å²) in [6.45, 7) is 3.35. The van der Waals surface area contributed by atoms with Crippen molar-refractivity contribution in [2.75, 3.05) is 13.1 Å². The second kappa shape index (κ2) is 6.02. The van der Waals surface area contributed by atoms with E-state index in [1.165, 1.54) is 12.0 Å². The maximum Gasteiger partial charge on any atom is 0.139 e. The van der Waals surface area contributed by atoms with Crippen molar-refractivity contribution in [3.05, 3.63) is 21.9 Å². The molecule has 5 heteroatoms. The fraction of sp³-hybridized carbons (Fsp3) is 0.583. The molecular weight excluding hydrogens is 234 g/mol. The SMILES string of the molecule is NC(CCCCN1CCc2sccc2C1)=NO. The first-order chi connectivity index (χ1) is 8.29. The predicted molar refractivity (Wildman–Crippen MR) is 70.6 cm³/mol. The lowest BCUT2D eigenvalue weighted by molar-refractivity contribution is 0.251. The van der Waals surface area contributed by atoms with Crippen molar-refractivity contribution in [2.45, 2.75) is 32.2 Å². The summed E-state index contributed by atoms with van der Waals surface area (Å²) in [6, 6.07) is 2.24. The molecule has 0 aliphatic carbocycles. The maximum atomic E-state index is 8.42. The highest BCUT2D eigenvalue weighted by Crippen LogP contribution is 2.24. The zero-order valence-electron chi connectivity index (χ0n) is 9.93. The summed E-state index contributed by atoms with van der Waals surface area (Å²) < 4.78 is 0. The van der Waals surface area contributed by atoms with E-state index in [0.717, 1.165) is 32.5 Å². The van der Waals surface area contributed by atoms with Crippen molar-refractivity contribution in [1.82, 2.24) is 4.90 Å². The van der Waals surface area contributed by atoms with E-state index >= 15 is 0 Å². The molecule has 0 saturated heterocycles. The highest BCUT2D eigenvalue weighted by molar-refractivity contribution is 7.10. The number of nitrogens with zero attached hydrogens (tertiary/aromatic N) is 2. The normalized spacial score (nSPS) is 17.1. The minimum atomic E-state index is 0.337.